The van der Waals surface area contributed by atoms with Crippen molar-refractivity contribution in [1.82, 2.24) is 10.2 Å². The molecule has 1 aliphatic carbocycles. The van der Waals surface area contributed by atoms with E-state index in [1.54, 1.807) is 0 Å². The van der Waals surface area contributed by atoms with Crippen LogP contribution < -0.4 is 5.32 Å². The number of amides is 1. The number of carbonyl (C=O) groups is 1. The van der Waals surface area contributed by atoms with Crippen LogP contribution in [-0.4, -0.2) is 36.0 Å². The van der Waals surface area contributed by atoms with E-state index in [9.17, 15) is 4.79 Å². The van der Waals surface area contributed by atoms with Crippen LogP contribution in [0.1, 0.15) is 52.4 Å². The van der Waals surface area contributed by atoms with Crippen molar-refractivity contribution in [3.63, 3.8) is 0 Å². The molecule has 1 unspecified atom stereocenters. The molecule has 1 saturated heterocycles. The van der Waals surface area contributed by atoms with Gasteiger partial charge in [-0.25, -0.2) is 0 Å². The van der Waals surface area contributed by atoms with Crippen LogP contribution in [0.3, 0.4) is 0 Å². The predicted octanol–water partition coefficient (Wildman–Crippen LogP) is 2.17. The topological polar surface area (TPSA) is 32.3 Å². The first kappa shape index (κ1) is 12.9. The van der Waals surface area contributed by atoms with Gasteiger partial charge in [0.25, 0.3) is 0 Å². The maximum Gasteiger partial charge on any atom is 0.225 e. The molecule has 17 heavy (non-hydrogen) atoms. The number of nitrogens with one attached hydrogen (secondary N) is 1. The Hall–Kier alpha value is -0.570. The third kappa shape index (κ3) is 3.21. The number of nitrogens with zero attached hydrogens (tertiary/aromatic N) is 1. The molecule has 1 N–H and O–H groups in total. The molecule has 1 heterocycles. The van der Waals surface area contributed by atoms with Crippen molar-refractivity contribution in [2.45, 2.75) is 64.5 Å². The van der Waals surface area contributed by atoms with Crippen LogP contribution in [0.25, 0.3) is 0 Å². The van der Waals surface area contributed by atoms with Gasteiger partial charge in [-0.15, -0.1) is 0 Å². The van der Waals surface area contributed by atoms with Crippen LogP contribution in [0.4, 0.5) is 0 Å². The second kappa shape index (κ2) is 5.85. The molecule has 0 aromatic heterocycles. The van der Waals surface area contributed by atoms with Gasteiger partial charge in [0.05, 0.1) is 0 Å². The second-order valence-corrected chi connectivity index (χ2v) is 5.86. The van der Waals surface area contributed by atoms with E-state index in [0.717, 1.165) is 25.9 Å². The van der Waals surface area contributed by atoms with Gasteiger partial charge in [-0.05, 0) is 46.1 Å². The second-order valence-electron chi connectivity index (χ2n) is 5.86. The summed E-state index contributed by atoms with van der Waals surface area (Å²) >= 11 is 0. The Morgan fingerprint density at radius 2 is 1.94 bits per heavy atom. The summed E-state index contributed by atoms with van der Waals surface area (Å²) in [5.41, 5.74) is 0. The minimum atomic E-state index is 0.318. The summed E-state index contributed by atoms with van der Waals surface area (Å²) in [6.07, 6.45) is 7.18. The summed E-state index contributed by atoms with van der Waals surface area (Å²) < 4.78 is 0. The minimum absolute atomic E-state index is 0.318. The molecule has 1 aliphatic heterocycles. The Morgan fingerprint density at radius 3 is 2.47 bits per heavy atom. The fraction of sp³-hybridized carbons (Fsp3) is 0.929. The maximum atomic E-state index is 12.5. The van der Waals surface area contributed by atoms with Gasteiger partial charge in [0, 0.05) is 24.5 Å². The number of rotatable bonds is 4. The molecular weight excluding hydrogens is 212 g/mol. The van der Waals surface area contributed by atoms with E-state index in [-0.39, 0.29) is 0 Å². The highest BCUT2D eigenvalue weighted by molar-refractivity contribution is 5.79. The molecule has 1 saturated carbocycles. The summed E-state index contributed by atoms with van der Waals surface area (Å²) in [6, 6.07) is 0.869. The van der Waals surface area contributed by atoms with E-state index in [1.165, 1.54) is 25.7 Å². The molecule has 2 aliphatic rings. The van der Waals surface area contributed by atoms with Crippen LogP contribution >= 0.6 is 0 Å². The highest BCUT2D eigenvalue weighted by Gasteiger charge is 2.30. The third-order valence-corrected chi connectivity index (χ3v) is 4.19. The van der Waals surface area contributed by atoms with Crippen LogP contribution in [0, 0.1) is 5.92 Å². The van der Waals surface area contributed by atoms with Gasteiger partial charge >= 0.3 is 0 Å². The fourth-order valence-electron chi connectivity index (χ4n) is 3.11. The van der Waals surface area contributed by atoms with Crippen LogP contribution in [0.2, 0.25) is 0 Å². The van der Waals surface area contributed by atoms with Gasteiger partial charge in [-0.1, -0.05) is 12.8 Å². The minimum Gasteiger partial charge on any atom is -0.338 e. The van der Waals surface area contributed by atoms with Gasteiger partial charge in [0.1, 0.15) is 0 Å². The molecule has 2 fully saturated rings. The third-order valence-electron chi connectivity index (χ3n) is 4.19. The van der Waals surface area contributed by atoms with E-state index >= 15 is 0 Å². The molecule has 3 nitrogen and oxygen atoms in total. The zero-order chi connectivity index (χ0) is 12.3. The lowest BCUT2D eigenvalue weighted by Crippen LogP contribution is -2.46. The lowest BCUT2D eigenvalue weighted by molar-refractivity contribution is -0.137. The molecule has 98 valence electrons. The fourth-order valence-corrected chi connectivity index (χ4v) is 3.11. The quantitative estimate of drug-likeness (QED) is 0.814. The van der Waals surface area contributed by atoms with Gasteiger partial charge in [-0.3, -0.25) is 4.79 Å². The average molecular weight is 238 g/mol. The monoisotopic (exact) mass is 238 g/mol. The summed E-state index contributed by atoms with van der Waals surface area (Å²) in [7, 11) is 0. The lowest BCUT2D eigenvalue weighted by Gasteiger charge is -2.31. The Morgan fingerprint density at radius 1 is 1.24 bits per heavy atom. The van der Waals surface area contributed by atoms with Gasteiger partial charge in [-0.2, -0.15) is 0 Å². The first-order valence-corrected chi connectivity index (χ1v) is 7.22. The maximum absolute atomic E-state index is 12.5. The molecule has 0 aromatic carbocycles. The molecule has 1 atom stereocenters. The molecule has 0 aromatic rings. The van der Waals surface area contributed by atoms with Crippen LogP contribution in [0.5, 0.6) is 0 Å². The van der Waals surface area contributed by atoms with E-state index in [1.807, 2.05) is 0 Å². The van der Waals surface area contributed by atoms with Gasteiger partial charge in [0.15, 0.2) is 0 Å². The number of hydrogen-bond donors (Lipinski definition) is 1. The van der Waals surface area contributed by atoms with E-state index in [2.05, 4.69) is 24.1 Å². The number of hydrogen-bond acceptors (Lipinski definition) is 2. The van der Waals surface area contributed by atoms with Crippen molar-refractivity contribution in [2.24, 2.45) is 5.92 Å². The summed E-state index contributed by atoms with van der Waals surface area (Å²) in [5, 5.41) is 3.49. The first-order chi connectivity index (χ1) is 8.18. The summed E-state index contributed by atoms with van der Waals surface area (Å²) in [6.45, 7) is 6.31. The molecule has 1 amide bonds. The zero-order valence-corrected chi connectivity index (χ0v) is 11.2. The smallest absolute Gasteiger partial charge is 0.225 e. The summed E-state index contributed by atoms with van der Waals surface area (Å²) in [4.78, 5) is 14.6. The van der Waals surface area contributed by atoms with Crippen molar-refractivity contribution in [1.29, 1.82) is 0 Å². The predicted molar refractivity (Wildman–Crippen MR) is 69.8 cm³/mol. The van der Waals surface area contributed by atoms with Crippen LogP contribution in [-0.2, 0) is 4.79 Å². The molecule has 0 spiro atoms. The Bertz CT molecular complexity index is 253. The average Bonchev–Trinajstić information content (AvgIpc) is 2.97. The van der Waals surface area contributed by atoms with Crippen molar-refractivity contribution >= 4 is 5.91 Å². The normalized spacial score (nSPS) is 25.7. The summed E-state index contributed by atoms with van der Waals surface area (Å²) in [5.74, 6) is 0.727. The largest absolute Gasteiger partial charge is 0.338 e. The SMILES string of the molecule is CC(C)N(CC1CCCN1)C(=O)C1CCCC1. The van der Waals surface area contributed by atoms with Gasteiger partial charge in [0.2, 0.25) is 5.91 Å². The van der Waals surface area contributed by atoms with Crippen molar-refractivity contribution in [3.8, 4) is 0 Å². The Kier molecular flexibility index (Phi) is 4.43. The Balaban J connectivity index is 1.92. The molecule has 3 heteroatoms. The highest BCUT2D eigenvalue weighted by Crippen LogP contribution is 2.27. The van der Waals surface area contributed by atoms with E-state index in [0.29, 0.717) is 23.9 Å². The van der Waals surface area contributed by atoms with E-state index < -0.39 is 0 Å². The molecular formula is C14H26N2O. The standard InChI is InChI=1S/C14H26N2O/c1-11(2)16(10-13-8-5-9-15-13)14(17)12-6-3-4-7-12/h11-13,15H,3-10H2,1-2H3. The first-order valence-electron chi connectivity index (χ1n) is 7.22. The van der Waals surface area contributed by atoms with Crippen molar-refractivity contribution < 1.29 is 4.79 Å². The van der Waals surface area contributed by atoms with E-state index in [4.69, 9.17) is 0 Å². The van der Waals surface area contributed by atoms with Crippen molar-refractivity contribution in [3.05, 3.63) is 0 Å². The molecule has 2 rings (SSSR count). The Labute approximate surface area is 105 Å². The zero-order valence-electron chi connectivity index (χ0n) is 11.2. The molecule has 0 radical (unpaired) electrons. The van der Waals surface area contributed by atoms with Gasteiger partial charge < -0.3 is 10.2 Å². The number of carbonyl (C=O) groups excluding carboxylic acids is 1. The highest BCUT2D eigenvalue weighted by atomic mass is 16.2. The van der Waals surface area contributed by atoms with Crippen LogP contribution in [0.15, 0.2) is 0 Å². The molecule has 0 bridgehead atoms. The lowest BCUT2D eigenvalue weighted by atomic mass is 10.0. The van der Waals surface area contributed by atoms with Crippen molar-refractivity contribution in [2.75, 3.05) is 13.1 Å².